The maximum atomic E-state index is 13.4. The number of piperidine rings is 1. The summed E-state index contributed by atoms with van der Waals surface area (Å²) >= 11 is 0. The van der Waals surface area contributed by atoms with Crippen molar-refractivity contribution in [1.82, 2.24) is 4.90 Å². The van der Waals surface area contributed by atoms with Crippen LogP contribution in [0, 0.1) is 5.92 Å². The fourth-order valence-electron chi connectivity index (χ4n) is 4.27. The molecule has 1 N–H and O–H groups in total. The van der Waals surface area contributed by atoms with Gasteiger partial charge in [-0.25, -0.2) is 4.79 Å². The molecule has 1 saturated heterocycles. The minimum atomic E-state index is -0.466. The van der Waals surface area contributed by atoms with E-state index >= 15 is 0 Å². The molecule has 0 aliphatic carbocycles. The summed E-state index contributed by atoms with van der Waals surface area (Å²) in [5.74, 6) is -0.360. The first-order valence-corrected chi connectivity index (χ1v) is 10.9. The maximum absolute atomic E-state index is 13.4. The number of nitrogens with one attached hydrogen (secondary N) is 1. The molecule has 7 heteroatoms. The van der Waals surface area contributed by atoms with Gasteiger partial charge in [0.1, 0.15) is 5.75 Å². The number of likely N-dealkylation sites (tertiary alicyclic amines) is 1. The number of hydrogen-bond acceptors (Lipinski definition) is 5. The lowest BCUT2D eigenvalue weighted by atomic mass is 9.95. The molecule has 3 aromatic rings. The summed E-state index contributed by atoms with van der Waals surface area (Å²) in [6.45, 7) is 0.933. The van der Waals surface area contributed by atoms with E-state index in [1.54, 1.807) is 48.4 Å². The molecule has 3 aromatic carbocycles. The van der Waals surface area contributed by atoms with Crippen molar-refractivity contribution >= 4 is 34.2 Å². The molecule has 0 bridgehead atoms. The summed E-state index contributed by atoms with van der Waals surface area (Å²) in [6.07, 6.45) is 1.43. The van der Waals surface area contributed by atoms with Crippen molar-refractivity contribution in [3.8, 4) is 5.75 Å². The molecule has 0 aromatic heterocycles. The Morgan fingerprint density at radius 2 is 1.76 bits per heavy atom. The molecule has 2 amide bonds. The molecule has 0 saturated carbocycles. The number of rotatable bonds is 5. The number of anilines is 1. The van der Waals surface area contributed by atoms with Crippen LogP contribution < -0.4 is 10.1 Å². The smallest absolute Gasteiger partial charge is 0.337 e. The Hall–Kier alpha value is -3.87. The Morgan fingerprint density at radius 3 is 2.52 bits per heavy atom. The molecular formula is C26H26N2O5. The molecule has 33 heavy (non-hydrogen) atoms. The van der Waals surface area contributed by atoms with E-state index in [0.29, 0.717) is 42.1 Å². The zero-order valence-electron chi connectivity index (χ0n) is 18.7. The fraction of sp³-hybridized carbons (Fsp3) is 0.269. The molecule has 4 rings (SSSR count). The summed E-state index contributed by atoms with van der Waals surface area (Å²) in [5, 5.41) is 4.58. The van der Waals surface area contributed by atoms with E-state index in [9.17, 15) is 14.4 Å². The second kappa shape index (κ2) is 9.73. The predicted octanol–water partition coefficient (Wildman–Crippen LogP) is 4.13. The SMILES string of the molecule is COC(=O)c1cccc(NC(=O)[C@H]2CCCN(C(=O)c3ccc(OC)c4ccccc34)C2)c1. The summed E-state index contributed by atoms with van der Waals surface area (Å²) in [5.41, 5.74) is 1.48. The van der Waals surface area contributed by atoms with Gasteiger partial charge in [0.2, 0.25) is 5.91 Å². The first-order chi connectivity index (χ1) is 16.0. The minimum Gasteiger partial charge on any atom is -0.496 e. The fourth-order valence-corrected chi connectivity index (χ4v) is 4.27. The lowest BCUT2D eigenvalue weighted by molar-refractivity contribution is -0.121. The third-order valence-corrected chi connectivity index (χ3v) is 5.96. The van der Waals surface area contributed by atoms with Gasteiger partial charge in [-0.3, -0.25) is 9.59 Å². The minimum absolute atomic E-state index is 0.0981. The van der Waals surface area contributed by atoms with Crippen LogP contribution in [-0.2, 0) is 9.53 Å². The van der Waals surface area contributed by atoms with Crippen molar-refractivity contribution in [3.05, 3.63) is 71.8 Å². The quantitative estimate of drug-likeness (QED) is 0.596. The average molecular weight is 447 g/mol. The van der Waals surface area contributed by atoms with E-state index < -0.39 is 5.97 Å². The Bertz CT molecular complexity index is 1210. The van der Waals surface area contributed by atoms with Gasteiger partial charge in [0.25, 0.3) is 5.91 Å². The second-order valence-electron chi connectivity index (χ2n) is 8.01. The molecular weight excluding hydrogens is 420 g/mol. The van der Waals surface area contributed by atoms with E-state index in [1.807, 2.05) is 24.3 Å². The van der Waals surface area contributed by atoms with Crippen LogP contribution in [0.3, 0.4) is 0 Å². The molecule has 1 aliphatic rings. The number of esters is 1. The Labute approximate surface area is 192 Å². The van der Waals surface area contributed by atoms with Crippen LogP contribution in [0.1, 0.15) is 33.6 Å². The maximum Gasteiger partial charge on any atom is 0.337 e. The highest BCUT2D eigenvalue weighted by molar-refractivity contribution is 6.09. The largest absolute Gasteiger partial charge is 0.496 e. The second-order valence-corrected chi connectivity index (χ2v) is 8.01. The summed E-state index contributed by atoms with van der Waals surface area (Å²) in [4.78, 5) is 39.8. The number of amides is 2. The number of benzene rings is 3. The third-order valence-electron chi connectivity index (χ3n) is 5.96. The molecule has 1 heterocycles. The predicted molar refractivity (Wildman–Crippen MR) is 126 cm³/mol. The number of hydrogen-bond donors (Lipinski definition) is 1. The van der Waals surface area contributed by atoms with Gasteiger partial charge in [-0.05, 0) is 48.6 Å². The summed E-state index contributed by atoms with van der Waals surface area (Å²) in [6, 6.07) is 17.9. The zero-order valence-corrected chi connectivity index (χ0v) is 18.7. The van der Waals surface area contributed by atoms with Gasteiger partial charge in [-0.1, -0.05) is 30.3 Å². The van der Waals surface area contributed by atoms with Crippen LogP contribution in [0.2, 0.25) is 0 Å². The zero-order chi connectivity index (χ0) is 23.4. The highest BCUT2D eigenvalue weighted by Gasteiger charge is 2.30. The summed E-state index contributed by atoms with van der Waals surface area (Å²) < 4.78 is 10.2. The van der Waals surface area contributed by atoms with E-state index in [2.05, 4.69) is 5.32 Å². The van der Waals surface area contributed by atoms with E-state index in [-0.39, 0.29) is 17.7 Å². The first kappa shape index (κ1) is 22.3. The van der Waals surface area contributed by atoms with Gasteiger partial charge in [-0.15, -0.1) is 0 Å². The Morgan fingerprint density at radius 1 is 0.970 bits per heavy atom. The van der Waals surface area contributed by atoms with E-state index in [1.165, 1.54) is 7.11 Å². The standard InChI is InChI=1S/C26H26N2O5/c1-32-23-13-12-22(20-10-3-4-11-21(20)23)25(30)28-14-6-8-18(16-28)24(29)27-19-9-5-7-17(15-19)26(31)33-2/h3-5,7,9-13,15,18H,6,8,14,16H2,1-2H3,(H,27,29)/t18-/m0/s1. The van der Waals surface area contributed by atoms with Gasteiger partial charge in [0.05, 0.1) is 25.7 Å². The summed E-state index contributed by atoms with van der Waals surface area (Å²) in [7, 11) is 2.92. The van der Waals surface area contributed by atoms with Crippen molar-refractivity contribution in [3.63, 3.8) is 0 Å². The molecule has 0 spiro atoms. The normalized spacial score (nSPS) is 15.7. The highest BCUT2D eigenvalue weighted by atomic mass is 16.5. The van der Waals surface area contributed by atoms with Crippen molar-refractivity contribution < 1.29 is 23.9 Å². The van der Waals surface area contributed by atoms with Crippen LogP contribution in [-0.4, -0.2) is 50.0 Å². The molecule has 1 aliphatic heterocycles. The molecule has 1 atom stereocenters. The van der Waals surface area contributed by atoms with Gasteiger partial charge < -0.3 is 19.7 Å². The van der Waals surface area contributed by atoms with Crippen molar-refractivity contribution in [1.29, 1.82) is 0 Å². The molecule has 7 nitrogen and oxygen atoms in total. The Kier molecular flexibility index (Phi) is 6.58. The monoisotopic (exact) mass is 446 g/mol. The topological polar surface area (TPSA) is 84.9 Å². The van der Waals surface area contributed by atoms with Crippen molar-refractivity contribution in [2.24, 2.45) is 5.92 Å². The van der Waals surface area contributed by atoms with Crippen LogP contribution in [0.4, 0.5) is 5.69 Å². The number of carbonyl (C=O) groups is 3. The van der Waals surface area contributed by atoms with E-state index in [4.69, 9.17) is 9.47 Å². The molecule has 1 fully saturated rings. The number of carbonyl (C=O) groups excluding carboxylic acids is 3. The van der Waals surface area contributed by atoms with Gasteiger partial charge >= 0.3 is 5.97 Å². The number of fused-ring (bicyclic) bond motifs is 1. The lowest BCUT2D eigenvalue weighted by Crippen LogP contribution is -2.43. The van der Waals surface area contributed by atoms with Gasteiger partial charge in [0.15, 0.2) is 0 Å². The number of ether oxygens (including phenoxy) is 2. The molecule has 170 valence electrons. The van der Waals surface area contributed by atoms with Gasteiger partial charge in [-0.2, -0.15) is 0 Å². The first-order valence-electron chi connectivity index (χ1n) is 10.9. The van der Waals surface area contributed by atoms with Crippen LogP contribution >= 0.6 is 0 Å². The average Bonchev–Trinajstić information content (AvgIpc) is 2.87. The van der Waals surface area contributed by atoms with Crippen LogP contribution in [0.25, 0.3) is 10.8 Å². The van der Waals surface area contributed by atoms with Crippen molar-refractivity contribution in [2.75, 3.05) is 32.6 Å². The van der Waals surface area contributed by atoms with E-state index in [0.717, 1.165) is 17.2 Å². The van der Waals surface area contributed by atoms with Crippen LogP contribution in [0.5, 0.6) is 5.75 Å². The van der Waals surface area contributed by atoms with Gasteiger partial charge in [0, 0.05) is 29.7 Å². The Balaban J connectivity index is 1.50. The number of nitrogens with zero attached hydrogens (tertiary/aromatic N) is 1. The number of methoxy groups -OCH3 is 2. The molecule has 0 radical (unpaired) electrons. The third kappa shape index (κ3) is 4.67. The van der Waals surface area contributed by atoms with Crippen LogP contribution in [0.15, 0.2) is 60.7 Å². The lowest BCUT2D eigenvalue weighted by Gasteiger charge is -2.32. The highest BCUT2D eigenvalue weighted by Crippen LogP contribution is 2.30. The molecule has 0 unspecified atom stereocenters. The van der Waals surface area contributed by atoms with Crippen molar-refractivity contribution in [2.45, 2.75) is 12.8 Å².